The molecule has 0 aliphatic heterocycles. The van der Waals surface area contributed by atoms with E-state index in [1.165, 1.54) is 0 Å². The number of carbonyl (C=O) groups excluding carboxylic acids is 1. The zero-order valence-electron chi connectivity index (χ0n) is 7.90. The maximum Gasteiger partial charge on any atom is 0.362 e. The van der Waals surface area contributed by atoms with Crippen molar-refractivity contribution in [1.29, 1.82) is 0 Å². The van der Waals surface area contributed by atoms with E-state index in [1.54, 1.807) is 0 Å². The molecule has 0 rings (SSSR count). The molecule has 0 aromatic carbocycles. The minimum Gasteiger partial charge on any atom is -0.487 e. The molecule has 0 spiro atoms. The summed E-state index contributed by atoms with van der Waals surface area (Å²) < 4.78 is 14.4. The summed E-state index contributed by atoms with van der Waals surface area (Å²) in [6.45, 7) is 0. The van der Waals surface area contributed by atoms with Gasteiger partial charge in [0.1, 0.15) is 6.26 Å². The first-order valence-electron chi connectivity index (χ1n) is 2.71. The predicted octanol–water partition coefficient (Wildman–Crippen LogP) is -1.30. The molecule has 0 heterocycles. The van der Waals surface area contributed by atoms with Gasteiger partial charge in [-0.1, -0.05) is 0 Å². The molecule has 0 aliphatic carbocycles. The molecular weight excluding hydrogens is 235 g/mol. The third-order valence-electron chi connectivity index (χ3n) is 0.661. The Morgan fingerprint density at radius 2 is 1.86 bits per heavy atom. The van der Waals surface area contributed by atoms with E-state index < -0.39 is 13.9 Å². The van der Waals surface area contributed by atoms with Crippen LogP contribution in [0.3, 0.4) is 0 Å². The van der Waals surface area contributed by atoms with Gasteiger partial charge in [0.2, 0.25) is 6.41 Å². The first kappa shape index (κ1) is 20.5. The monoisotopic (exact) mass is 243 g/mol. The number of hydrogen-bond donors (Lipinski definition) is 3. The van der Waals surface area contributed by atoms with Gasteiger partial charge in [-0.3, -0.25) is 14.6 Å². The molecule has 0 aromatic heterocycles. The van der Waals surface area contributed by atoms with Crippen molar-refractivity contribution in [3.05, 3.63) is 12.5 Å². The van der Waals surface area contributed by atoms with Gasteiger partial charge in [-0.05, 0) is 0 Å². The number of carbonyl (C=O) groups is 1. The van der Waals surface area contributed by atoms with E-state index in [-0.39, 0.29) is 70.6 Å². The zero-order valence-corrected chi connectivity index (χ0v) is 12.8. The topological polar surface area (TPSA) is 107 Å². The Morgan fingerprint density at radius 3 is 2.21 bits per heavy atom. The average Bonchev–Trinajstić information content (AvgIpc) is 1.96. The van der Waals surface area contributed by atoms with Gasteiger partial charge in [-0.15, -0.1) is 0 Å². The normalized spacial score (nSPS) is 9.93. The average molecular weight is 243 g/mol. The van der Waals surface area contributed by atoms with Gasteiger partial charge >= 0.3 is 7.60 Å². The Bertz CT molecular complexity index is 218. The van der Waals surface area contributed by atoms with Gasteiger partial charge in [-0.25, -0.2) is 0 Å². The third kappa shape index (κ3) is 15.6. The van der Waals surface area contributed by atoms with Gasteiger partial charge in [0.25, 0.3) is 0 Å². The smallest absolute Gasteiger partial charge is 0.362 e. The molecule has 72 valence electrons. The van der Waals surface area contributed by atoms with Crippen LogP contribution < -0.4 is 0 Å². The Kier molecular flexibility index (Phi) is 15.6. The molecule has 2 radical (unpaired) electrons. The van der Waals surface area contributed by atoms with Crippen LogP contribution in [0.4, 0.5) is 0 Å². The summed E-state index contributed by atoms with van der Waals surface area (Å²) in [5, 5.41) is 8.53. The van der Waals surface area contributed by atoms with Crippen LogP contribution in [-0.4, -0.2) is 91.9 Å². The van der Waals surface area contributed by atoms with Crippen molar-refractivity contribution in [2.45, 2.75) is 0 Å². The van der Waals surface area contributed by atoms with Gasteiger partial charge < -0.3 is 14.5 Å². The molecule has 0 atom stereocenters. The summed E-state index contributed by atoms with van der Waals surface area (Å²) in [5.41, 5.74) is 0. The van der Waals surface area contributed by atoms with Gasteiger partial charge in [0.05, 0.1) is 6.20 Å². The minimum atomic E-state index is -4.20. The molecule has 10 heteroatoms. The molecule has 0 aromatic rings. The predicted molar refractivity (Wildman–Crippen MR) is 48.3 cm³/mol. The van der Waals surface area contributed by atoms with Crippen LogP contribution in [0.25, 0.3) is 0 Å². The Balaban J connectivity index is -0.000000605. The van der Waals surface area contributed by atoms with Gasteiger partial charge in [0, 0.05) is 59.1 Å². The SMILES string of the molecule is O=CN(O)C=COCP(=O)(O)O.[Na].[Na]. The largest absolute Gasteiger partial charge is 0.487 e. The first-order valence-corrected chi connectivity index (χ1v) is 4.51. The van der Waals surface area contributed by atoms with Crippen molar-refractivity contribution >= 4 is 73.1 Å². The quantitative estimate of drug-likeness (QED) is 0.138. The van der Waals surface area contributed by atoms with Crippen molar-refractivity contribution in [2.24, 2.45) is 0 Å². The molecule has 3 N–H and O–H groups in total. The summed E-state index contributed by atoms with van der Waals surface area (Å²) in [6.07, 6.45) is 0.865. The number of hydrogen-bond acceptors (Lipinski definition) is 4. The van der Waals surface area contributed by atoms with E-state index in [9.17, 15) is 9.36 Å². The van der Waals surface area contributed by atoms with E-state index in [0.29, 0.717) is 0 Å². The molecule has 0 bridgehead atoms. The Morgan fingerprint density at radius 1 is 1.36 bits per heavy atom. The van der Waals surface area contributed by atoms with Crippen LogP contribution in [0.5, 0.6) is 0 Å². The molecule has 0 saturated heterocycles. The fraction of sp³-hybridized carbons (Fsp3) is 0.250. The maximum atomic E-state index is 10.1. The Hall–Kier alpha value is 1.12. The van der Waals surface area contributed by atoms with E-state index in [2.05, 4.69) is 4.74 Å². The first-order chi connectivity index (χ1) is 5.45. The summed E-state index contributed by atoms with van der Waals surface area (Å²) in [6, 6.07) is 0. The van der Waals surface area contributed by atoms with Crippen LogP contribution in [0.1, 0.15) is 0 Å². The molecule has 0 unspecified atom stereocenters. The van der Waals surface area contributed by atoms with Gasteiger partial charge in [-0.2, -0.15) is 5.06 Å². The van der Waals surface area contributed by atoms with E-state index >= 15 is 0 Å². The number of ether oxygens (including phenoxy) is 1. The standard InChI is InChI=1S/C4H8NO6P.2Na/c6-3-5(7)1-2-11-4-12(8,9)10;;/h1-3,7H,4H2,(H2,8,9,10);;. The number of rotatable bonds is 5. The van der Waals surface area contributed by atoms with Crippen LogP contribution in [0.15, 0.2) is 12.5 Å². The number of amides is 1. The van der Waals surface area contributed by atoms with E-state index in [1.807, 2.05) is 0 Å². The molecule has 14 heavy (non-hydrogen) atoms. The van der Waals surface area contributed by atoms with Crippen LogP contribution in [0, 0.1) is 0 Å². The fourth-order valence-corrected chi connectivity index (χ4v) is 0.561. The molecule has 0 aliphatic rings. The summed E-state index contributed by atoms with van der Waals surface area (Å²) in [5.74, 6) is 0. The zero-order chi connectivity index (χ0) is 9.61. The van der Waals surface area contributed by atoms with Crippen molar-refractivity contribution in [1.82, 2.24) is 5.06 Å². The van der Waals surface area contributed by atoms with Crippen LogP contribution in [0.2, 0.25) is 0 Å². The number of hydroxylamine groups is 2. The molecule has 7 nitrogen and oxygen atoms in total. The van der Waals surface area contributed by atoms with Crippen LogP contribution in [-0.2, 0) is 14.1 Å². The van der Waals surface area contributed by atoms with Crippen molar-refractivity contribution < 1.29 is 29.1 Å². The van der Waals surface area contributed by atoms with Gasteiger partial charge in [0.15, 0.2) is 6.35 Å². The molecular formula is C4H8NNa2O6P. The van der Waals surface area contributed by atoms with Crippen molar-refractivity contribution in [3.63, 3.8) is 0 Å². The van der Waals surface area contributed by atoms with Crippen molar-refractivity contribution in [3.8, 4) is 0 Å². The summed E-state index contributed by atoms with van der Waals surface area (Å²) in [4.78, 5) is 26.2. The third-order valence-corrected chi connectivity index (χ3v) is 1.15. The maximum absolute atomic E-state index is 10.1. The second kappa shape index (κ2) is 10.6. The molecule has 0 saturated carbocycles. The second-order valence-electron chi connectivity index (χ2n) is 1.73. The second-order valence-corrected chi connectivity index (χ2v) is 3.32. The molecule has 0 fully saturated rings. The van der Waals surface area contributed by atoms with E-state index in [4.69, 9.17) is 15.0 Å². The molecule has 1 amide bonds. The summed E-state index contributed by atoms with van der Waals surface area (Å²) in [7, 11) is -4.20. The van der Waals surface area contributed by atoms with E-state index in [0.717, 1.165) is 12.5 Å². The number of nitrogens with zero attached hydrogens (tertiary/aromatic N) is 1. The fourth-order valence-electron chi connectivity index (χ4n) is 0.281. The Labute approximate surface area is 125 Å². The van der Waals surface area contributed by atoms with Crippen molar-refractivity contribution in [2.75, 3.05) is 6.35 Å². The van der Waals surface area contributed by atoms with Crippen LogP contribution >= 0.6 is 7.60 Å². The minimum absolute atomic E-state index is 0. The summed E-state index contributed by atoms with van der Waals surface area (Å²) >= 11 is 0.